The van der Waals surface area contributed by atoms with Crippen molar-refractivity contribution < 1.29 is 0 Å². The summed E-state index contributed by atoms with van der Waals surface area (Å²) in [7, 11) is 7.00. The average molecular weight is 855 g/mol. The average Bonchev–Trinajstić information content (AvgIpc) is 4.04. The third-order valence-corrected chi connectivity index (χ3v) is 15.3. The molecule has 0 N–H and O–H groups in total. The van der Waals surface area contributed by atoms with Crippen molar-refractivity contribution in [2.24, 2.45) is 0 Å². The molecule has 0 fully saturated rings. The van der Waals surface area contributed by atoms with Crippen molar-refractivity contribution >= 4 is 115 Å². The number of fused-ring (bicyclic) bond motifs is 9. The van der Waals surface area contributed by atoms with E-state index >= 15 is 0 Å². The minimum absolute atomic E-state index is 1.16. The van der Waals surface area contributed by atoms with Crippen molar-refractivity contribution in [1.29, 1.82) is 0 Å². The van der Waals surface area contributed by atoms with E-state index in [1.54, 1.807) is 0 Å². The number of para-hydroxylation sites is 1. The molecular formula is C60H41B3N2S. The number of benzene rings is 10. The van der Waals surface area contributed by atoms with Crippen LogP contribution in [0.1, 0.15) is 0 Å². The molecule has 0 saturated carbocycles. The third kappa shape index (κ3) is 5.99. The van der Waals surface area contributed by atoms with E-state index < -0.39 is 0 Å². The molecule has 306 valence electrons. The molecule has 6 heteroatoms. The van der Waals surface area contributed by atoms with Crippen LogP contribution in [0, 0.1) is 0 Å². The van der Waals surface area contributed by atoms with Gasteiger partial charge in [0.2, 0.25) is 0 Å². The summed E-state index contributed by atoms with van der Waals surface area (Å²) in [6, 6.07) is 78.3. The molecule has 13 aromatic rings. The molecule has 3 aromatic heterocycles. The number of thiophene rings is 1. The molecule has 0 aliphatic carbocycles. The summed E-state index contributed by atoms with van der Waals surface area (Å²) in [5, 5.41) is 7.71. The molecule has 0 spiro atoms. The highest BCUT2D eigenvalue weighted by atomic mass is 32.1. The van der Waals surface area contributed by atoms with E-state index in [0.717, 1.165) is 5.69 Å². The van der Waals surface area contributed by atoms with Gasteiger partial charge in [0.05, 0.1) is 16.6 Å². The van der Waals surface area contributed by atoms with Crippen molar-refractivity contribution in [2.45, 2.75) is 0 Å². The van der Waals surface area contributed by atoms with Crippen LogP contribution in [-0.2, 0) is 0 Å². The smallest absolute Gasteiger partial charge is 0.141 e. The Hall–Kier alpha value is -7.79. The summed E-state index contributed by atoms with van der Waals surface area (Å²) in [4.78, 5) is 0. The van der Waals surface area contributed by atoms with Crippen LogP contribution in [0.4, 0.5) is 0 Å². The van der Waals surface area contributed by atoms with Crippen LogP contribution in [0.25, 0.3) is 120 Å². The molecule has 0 amide bonds. The van der Waals surface area contributed by atoms with E-state index in [2.05, 4.69) is 245 Å². The van der Waals surface area contributed by atoms with E-state index in [-0.39, 0.29) is 0 Å². The van der Waals surface area contributed by atoms with E-state index in [4.69, 9.17) is 0 Å². The Morgan fingerprint density at radius 2 is 0.803 bits per heavy atom. The summed E-state index contributed by atoms with van der Waals surface area (Å²) < 4.78 is 7.61. The van der Waals surface area contributed by atoms with Crippen LogP contribution in [-0.4, -0.2) is 32.7 Å². The maximum Gasteiger partial charge on any atom is 0.141 e. The van der Waals surface area contributed by atoms with Crippen LogP contribution in [0.3, 0.4) is 0 Å². The monoisotopic (exact) mass is 854 g/mol. The maximum atomic E-state index is 2.51. The first-order valence-corrected chi connectivity index (χ1v) is 23.6. The normalized spacial score (nSPS) is 11.8. The summed E-state index contributed by atoms with van der Waals surface area (Å²) >= 11 is 1.87. The fraction of sp³-hybridized carbons (Fsp3) is 0. The van der Waals surface area contributed by atoms with Gasteiger partial charge in [-0.2, -0.15) is 0 Å². The van der Waals surface area contributed by atoms with Crippen molar-refractivity contribution in [1.82, 2.24) is 9.13 Å². The standard InChI is InChI=1S/C60H41B3N2S/c61-57-55(42-26-31-51-47(34-42)45-15-7-9-17-50(45)64(51)44-29-32-54-48(35-44)46-16-8-10-18-53(46)66-54)58(62)59(63)60-56(57)49-33-41(40-21-19-38(20-22-40)36-11-3-1-4-12-36)25-30-52(49)65(60)43-27-23-39(24-28-43)37-13-5-2-6-14-37/h1-35H,61-63H2. The number of nitrogens with zero attached hydrogens (tertiary/aromatic N) is 2. The first kappa shape index (κ1) is 38.7. The van der Waals surface area contributed by atoms with Crippen molar-refractivity contribution in [2.75, 3.05) is 0 Å². The molecule has 13 rings (SSSR count). The van der Waals surface area contributed by atoms with Crippen LogP contribution >= 0.6 is 11.3 Å². The van der Waals surface area contributed by atoms with Crippen molar-refractivity contribution in [3.63, 3.8) is 0 Å². The lowest BCUT2D eigenvalue weighted by Gasteiger charge is -2.19. The van der Waals surface area contributed by atoms with Gasteiger partial charge in [0.15, 0.2) is 0 Å². The lowest BCUT2D eigenvalue weighted by Crippen LogP contribution is -2.35. The van der Waals surface area contributed by atoms with Gasteiger partial charge in [0.25, 0.3) is 0 Å². The minimum Gasteiger partial charge on any atom is -0.310 e. The Morgan fingerprint density at radius 1 is 0.303 bits per heavy atom. The fourth-order valence-corrected chi connectivity index (χ4v) is 11.9. The zero-order valence-corrected chi connectivity index (χ0v) is 37.8. The molecule has 0 aliphatic rings. The topological polar surface area (TPSA) is 9.86 Å². The summed E-state index contributed by atoms with van der Waals surface area (Å²) in [5.41, 5.74) is 21.0. The Labute approximate surface area is 390 Å². The highest BCUT2D eigenvalue weighted by Gasteiger charge is 2.23. The third-order valence-electron chi connectivity index (χ3n) is 14.1. The van der Waals surface area contributed by atoms with Crippen molar-refractivity contribution in [3.05, 3.63) is 212 Å². The van der Waals surface area contributed by atoms with E-state index in [0.29, 0.717) is 0 Å². The SMILES string of the molecule is Bc1c(-c2ccc3c(c2)c2ccccc2n3-c2ccc3sc4ccccc4c3c2)c(B)c2c3cc(-c4ccc(-c5ccccc5)cc4)ccc3n(-c3ccc(-c4ccccc4)cc3)c2c1B. The second-order valence-corrected chi connectivity index (χ2v) is 18.8. The van der Waals surface area contributed by atoms with Crippen LogP contribution in [0.15, 0.2) is 212 Å². The van der Waals surface area contributed by atoms with Gasteiger partial charge in [-0.1, -0.05) is 162 Å². The number of rotatable bonds is 6. The van der Waals surface area contributed by atoms with Gasteiger partial charge >= 0.3 is 0 Å². The predicted octanol–water partition coefficient (Wildman–Crippen LogP) is 11.7. The molecule has 2 nitrogen and oxygen atoms in total. The lowest BCUT2D eigenvalue weighted by atomic mass is 9.69. The molecule has 0 bridgehead atoms. The highest BCUT2D eigenvalue weighted by Crippen LogP contribution is 2.40. The number of hydrogen-bond donors (Lipinski definition) is 0. The quantitative estimate of drug-likeness (QED) is 0.148. The van der Waals surface area contributed by atoms with Gasteiger partial charge in [-0.05, 0) is 111 Å². The summed E-state index contributed by atoms with van der Waals surface area (Å²) in [5.74, 6) is 0. The van der Waals surface area contributed by atoms with Gasteiger partial charge in [0.1, 0.15) is 23.5 Å². The second kappa shape index (κ2) is 15.2. The van der Waals surface area contributed by atoms with Gasteiger partial charge in [-0.25, -0.2) is 0 Å². The van der Waals surface area contributed by atoms with Gasteiger partial charge in [0, 0.05) is 58.6 Å². The lowest BCUT2D eigenvalue weighted by molar-refractivity contribution is 1.19. The Kier molecular flexibility index (Phi) is 8.88. The summed E-state index contributed by atoms with van der Waals surface area (Å²) in [6.07, 6.45) is 0. The highest BCUT2D eigenvalue weighted by molar-refractivity contribution is 7.25. The predicted molar refractivity (Wildman–Crippen MR) is 294 cm³/mol. The molecule has 0 saturated heterocycles. The molecular weight excluding hydrogens is 813 g/mol. The van der Waals surface area contributed by atoms with Crippen LogP contribution in [0.2, 0.25) is 0 Å². The Bertz CT molecular complexity index is 4050. The molecule has 0 radical (unpaired) electrons. The molecule has 0 unspecified atom stereocenters. The van der Waals surface area contributed by atoms with E-state index in [1.807, 2.05) is 11.3 Å². The zero-order valence-electron chi connectivity index (χ0n) is 37.0. The molecule has 0 atom stereocenters. The second-order valence-electron chi connectivity index (χ2n) is 17.8. The first-order chi connectivity index (χ1) is 32.5. The maximum absolute atomic E-state index is 2.51. The van der Waals surface area contributed by atoms with Gasteiger partial charge < -0.3 is 9.13 Å². The molecule has 3 heterocycles. The van der Waals surface area contributed by atoms with E-state index in [1.165, 1.54) is 130 Å². The fourth-order valence-electron chi connectivity index (χ4n) is 10.9. The van der Waals surface area contributed by atoms with Gasteiger partial charge in [-0.3, -0.25) is 0 Å². The van der Waals surface area contributed by atoms with Gasteiger partial charge in [-0.15, -0.1) is 11.3 Å². The summed E-state index contributed by atoms with van der Waals surface area (Å²) in [6.45, 7) is 0. The van der Waals surface area contributed by atoms with E-state index in [9.17, 15) is 0 Å². The zero-order chi connectivity index (χ0) is 44.0. The minimum atomic E-state index is 1.16. The van der Waals surface area contributed by atoms with Crippen LogP contribution < -0.4 is 16.4 Å². The Morgan fingerprint density at radius 3 is 1.52 bits per heavy atom. The first-order valence-electron chi connectivity index (χ1n) is 22.8. The van der Waals surface area contributed by atoms with Crippen molar-refractivity contribution in [3.8, 4) is 55.9 Å². The molecule has 10 aromatic carbocycles. The largest absolute Gasteiger partial charge is 0.310 e. The van der Waals surface area contributed by atoms with Crippen LogP contribution in [0.5, 0.6) is 0 Å². The number of aromatic nitrogens is 2. The molecule has 0 aliphatic heterocycles. The molecule has 66 heavy (non-hydrogen) atoms. The Balaban J connectivity index is 1.01. The number of hydrogen-bond acceptors (Lipinski definition) is 1.